The van der Waals surface area contributed by atoms with E-state index < -0.39 is 12.0 Å². The Kier molecular flexibility index (Phi) is 4.24. The molecule has 2 heterocycles. The van der Waals surface area contributed by atoms with Crippen LogP contribution >= 0.6 is 22.9 Å². The molecule has 1 fully saturated rings. The number of benzene rings is 1. The van der Waals surface area contributed by atoms with Crippen molar-refractivity contribution in [3.05, 3.63) is 69.0 Å². The van der Waals surface area contributed by atoms with E-state index in [0.717, 1.165) is 9.75 Å². The number of hydrogen-bond donors (Lipinski definition) is 2. The number of halogens is 1. The zero-order valence-corrected chi connectivity index (χ0v) is 14.0. The number of urea groups is 1. The Bertz CT molecular complexity index is 782. The number of hydrogen-bond acceptors (Lipinski definition) is 3. The van der Waals surface area contributed by atoms with E-state index in [1.807, 2.05) is 19.1 Å². The van der Waals surface area contributed by atoms with E-state index >= 15 is 0 Å². The van der Waals surface area contributed by atoms with Crippen molar-refractivity contribution in [3.63, 3.8) is 0 Å². The number of amides is 2. The quantitative estimate of drug-likeness (QED) is 0.823. The SMILES string of the molecule is C=C1NC(=O)N[C@@H](c2ccc(C)s2)[C@@H]1C(=O)c1ccc(Cl)cc1. The van der Waals surface area contributed by atoms with Gasteiger partial charge in [-0.25, -0.2) is 4.79 Å². The van der Waals surface area contributed by atoms with Gasteiger partial charge in [0.1, 0.15) is 0 Å². The molecule has 1 aromatic heterocycles. The van der Waals surface area contributed by atoms with E-state index in [1.165, 1.54) is 0 Å². The van der Waals surface area contributed by atoms with Gasteiger partial charge in [0.15, 0.2) is 5.78 Å². The van der Waals surface area contributed by atoms with Gasteiger partial charge in [0.05, 0.1) is 12.0 Å². The minimum Gasteiger partial charge on any atom is -0.329 e. The van der Waals surface area contributed by atoms with Crippen LogP contribution in [0.3, 0.4) is 0 Å². The molecule has 0 bridgehead atoms. The molecule has 1 aromatic carbocycles. The number of carbonyl (C=O) groups excluding carboxylic acids is 2. The summed E-state index contributed by atoms with van der Waals surface area (Å²) >= 11 is 7.44. The molecular weight excluding hydrogens is 332 g/mol. The van der Waals surface area contributed by atoms with Crippen LogP contribution in [0.25, 0.3) is 0 Å². The standard InChI is InChI=1S/C17H15ClN2O2S/c1-9-3-8-13(23-9)15-14(10(2)19-17(22)20-15)16(21)11-4-6-12(18)7-5-11/h3-8,14-15H,2H2,1H3,(H2,19,20,22)/t14-,15+/m1/s1. The molecule has 1 saturated heterocycles. The fourth-order valence-electron chi connectivity index (χ4n) is 2.64. The Hall–Kier alpha value is -2.11. The Balaban J connectivity index is 1.98. The minimum absolute atomic E-state index is 0.102. The summed E-state index contributed by atoms with van der Waals surface area (Å²) in [5.41, 5.74) is 0.946. The first-order valence-electron chi connectivity index (χ1n) is 7.08. The summed E-state index contributed by atoms with van der Waals surface area (Å²) in [6, 6.07) is 9.88. The molecular formula is C17H15ClN2O2S. The molecule has 3 rings (SSSR count). The average molecular weight is 347 g/mol. The van der Waals surface area contributed by atoms with Crippen LogP contribution in [0.2, 0.25) is 5.02 Å². The summed E-state index contributed by atoms with van der Waals surface area (Å²) in [6.45, 7) is 5.87. The summed E-state index contributed by atoms with van der Waals surface area (Å²) in [4.78, 5) is 26.8. The molecule has 0 spiro atoms. The lowest BCUT2D eigenvalue weighted by Gasteiger charge is -2.33. The van der Waals surface area contributed by atoms with Crippen molar-refractivity contribution in [1.82, 2.24) is 10.6 Å². The Morgan fingerprint density at radius 1 is 1.22 bits per heavy atom. The zero-order valence-electron chi connectivity index (χ0n) is 12.4. The Labute approximate surface area is 143 Å². The maximum absolute atomic E-state index is 12.9. The van der Waals surface area contributed by atoms with Crippen LogP contribution in [0.4, 0.5) is 4.79 Å². The van der Waals surface area contributed by atoms with Crippen LogP contribution in [-0.2, 0) is 0 Å². The molecule has 1 aliphatic rings. The van der Waals surface area contributed by atoms with E-state index in [-0.39, 0.29) is 11.8 Å². The third kappa shape index (κ3) is 3.16. The predicted octanol–water partition coefficient (Wildman–Crippen LogP) is 4.08. The van der Waals surface area contributed by atoms with Crippen LogP contribution in [0.15, 0.2) is 48.7 Å². The largest absolute Gasteiger partial charge is 0.329 e. The number of rotatable bonds is 3. The molecule has 23 heavy (non-hydrogen) atoms. The number of carbonyl (C=O) groups is 2. The highest BCUT2D eigenvalue weighted by atomic mass is 35.5. The fraction of sp³-hybridized carbons (Fsp3) is 0.176. The van der Waals surface area contributed by atoms with Crippen LogP contribution < -0.4 is 10.6 Å². The molecule has 0 radical (unpaired) electrons. The van der Waals surface area contributed by atoms with Crippen LogP contribution in [0.1, 0.15) is 26.2 Å². The van der Waals surface area contributed by atoms with Crippen molar-refractivity contribution in [1.29, 1.82) is 0 Å². The number of nitrogens with one attached hydrogen (secondary N) is 2. The molecule has 118 valence electrons. The number of ketones is 1. The van der Waals surface area contributed by atoms with Crippen LogP contribution in [0, 0.1) is 12.8 Å². The maximum Gasteiger partial charge on any atom is 0.319 e. The molecule has 2 atom stereocenters. The van der Waals surface area contributed by atoms with Gasteiger partial charge < -0.3 is 10.6 Å². The van der Waals surface area contributed by atoms with E-state index in [9.17, 15) is 9.59 Å². The van der Waals surface area contributed by atoms with E-state index in [1.54, 1.807) is 35.6 Å². The van der Waals surface area contributed by atoms with Crippen LogP contribution in [0.5, 0.6) is 0 Å². The third-order valence-electron chi connectivity index (χ3n) is 3.75. The van der Waals surface area contributed by atoms with E-state index in [2.05, 4.69) is 17.2 Å². The highest BCUT2D eigenvalue weighted by molar-refractivity contribution is 7.12. The lowest BCUT2D eigenvalue weighted by Crippen LogP contribution is -2.50. The molecule has 2 amide bonds. The number of thiophene rings is 1. The lowest BCUT2D eigenvalue weighted by molar-refractivity contribution is 0.0906. The highest BCUT2D eigenvalue weighted by Gasteiger charge is 2.38. The first-order valence-corrected chi connectivity index (χ1v) is 8.27. The molecule has 0 unspecified atom stereocenters. The smallest absolute Gasteiger partial charge is 0.319 e. The second-order valence-corrected chi connectivity index (χ2v) is 7.15. The summed E-state index contributed by atoms with van der Waals surface area (Å²) < 4.78 is 0. The van der Waals surface area contributed by atoms with Gasteiger partial charge in [0.2, 0.25) is 0 Å². The number of aryl methyl sites for hydroxylation is 1. The van der Waals surface area contributed by atoms with Crippen molar-refractivity contribution in [2.75, 3.05) is 0 Å². The maximum atomic E-state index is 12.9. The van der Waals surface area contributed by atoms with Gasteiger partial charge in [-0.05, 0) is 43.3 Å². The lowest BCUT2D eigenvalue weighted by atomic mass is 9.86. The van der Waals surface area contributed by atoms with E-state index in [4.69, 9.17) is 11.6 Å². The minimum atomic E-state index is -0.563. The molecule has 1 aliphatic heterocycles. The first kappa shape index (κ1) is 15.8. The molecule has 0 aliphatic carbocycles. The zero-order chi connectivity index (χ0) is 16.6. The van der Waals surface area contributed by atoms with Crippen molar-refractivity contribution in [2.45, 2.75) is 13.0 Å². The first-order chi connectivity index (χ1) is 11.0. The van der Waals surface area contributed by atoms with Crippen molar-refractivity contribution in [3.8, 4) is 0 Å². The predicted molar refractivity (Wildman–Crippen MR) is 91.9 cm³/mol. The Morgan fingerprint density at radius 3 is 2.52 bits per heavy atom. The summed E-state index contributed by atoms with van der Waals surface area (Å²) in [5, 5.41) is 6.02. The van der Waals surface area contributed by atoms with Gasteiger partial charge in [-0.15, -0.1) is 11.3 Å². The van der Waals surface area contributed by atoms with Gasteiger partial charge in [0.25, 0.3) is 0 Å². The summed E-state index contributed by atoms with van der Waals surface area (Å²) in [5.74, 6) is -0.665. The Morgan fingerprint density at radius 2 is 1.91 bits per heavy atom. The number of Topliss-reactive ketones (excluding diaryl/α,β-unsaturated/α-hetero) is 1. The van der Waals surface area contributed by atoms with Crippen molar-refractivity contribution < 1.29 is 9.59 Å². The average Bonchev–Trinajstić information content (AvgIpc) is 2.93. The normalized spacial score (nSPS) is 20.8. The topological polar surface area (TPSA) is 58.2 Å². The van der Waals surface area contributed by atoms with Gasteiger partial charge in [-0.1, -0.05) is 18.2 Å². The van der Waals surface area contributed by atoms with Gasteiger partial charge in [-0.2, -0.15) is 0 Å². The fourth-order valence-corrected chi connectivity index (χ4v) is 3.74. The summed E-state index contributed by atoms with van der Waals surface area (Å²) in [7, 11) is 0. The molecule has 2 N–H and O–H groups in total. The molecule has 6 heteroatoms. The molecule has 0 saturated carbocycles. The third-order valence-corrected chi connectivity index (χ3v) is 5.08. The molecule has 4 nitrogen and oxygen atoms in total. The van der Waals surface area contributed by atoms with Crippen LogP contribution in [-0.4, -0.2) is 11.8 Å². The van der Waals surface area contributed by atoms with Gasteiger partial charge >= 0.3 is 6.03 Å². The second-order valence-electron chi connectivity index (χ2n) is 5.40. The second kappa shape index (κ2) is 6.18. The highest BCUT2D eigenvalue weighted by Crippen LogP contribution is 2.35. The van der Waals surface area contributed by atoms with Gasteiger partial charge in [-0.3, -0.25) is 4.79 Å². The summed E-state index contributed by atoms with van der Waals surface area (Å²) in [6.07, 6.45) is 0. The van der Waals surface area contributed by atoms with E-state index in [0.29, 0.717) is 16.3 Å². The molecule has 2 aromatic rings. The monoisotopic (exact) mass is 346 g/mol. The van der Waals surface area contributed by atoms with Crippen molar-refractivity contribution >= 4 is 34.8 Å². The van der Waals surface area contributed by atoms with Gasteiger partial charge in [0, 0.05) is 26.0 Å². The van der Waals surface area contributed by atoms with Crippen molar-refractivity contribution in [2.24, 2.45) is 5.92 Å².